The number of carbonyl (C=O) groups excluding carboxylic acids is 1. The molecule has 116 valence electrons. The van der Waals surface area contributed by atoms with E-state index in [-0.39, 0.29) is 11.3 Å². The van der Waals surface area contributed by atoms with Gasteiger partial charge >= 0.3 is 0 Å². The van der Waals surface area contributed by atoms with Crippen LogP contribution in [0.4, 0.5) is 0 Å². The molecule has 0 radical (unpaired) electrons. The molecule has 1 amide bonds. The Labute approximate surface area is 135 Å². The van der Waals surface area contributed by atoms with E-state index in [2.05, 4.69) is 5.16 Å². The molecule has 1 aromatic heterocycles. The third-order valence-corrected chi connectivity index (χ3v) is 4.12. The molecule has 0 N–H and O–H groups in total. The number of carbonyl (C=O) groups is 1. The van der Waals surface area contributed by atoms with Crippen LogP contribution in [0.15, 0.2) is 28.8 Å². The molecule has 3 rings (SSSR count). The zero-order valence-electron chi connectivity index (χ0n) is 13.0. The first-order chi connectivity index (χ1) is 10.4. The molecule has 2 aromatic rings. The largest absolute Gasteiger partial charge is 0.356 e. The van der Waals surface area contributed by atoms with Gasteiger partial charge in [-0.25, -0.2) is 0 Å². The van der Waals surface area contributed by atoms with Gasteiger partial charge in [0.15, 0.2) is 5.76 Å². The van der Waals surface area contributed by atoms with Gasteiger partial charge < -0.3 is 9.42 Å². The van der Waals surface area contributed by atoms with Crippen molar-refractivity contribution in [3.63, 3.8) is 0 Å². The maximum atomic E-state index is 12.5. The zero-order valence-corrected chi connectivity index (χ0v) is 13.8. The highest BCUT2D eigenvalue weighted by Crippen LogP contribution is 2.32. The van der Waals surface area contributed by atoms with E-state index in [9.17, 15) is 4.79 Å². The quantitative estimate of drug-likeness (QED) is 0.800. The van der Waals surface area contributed by atoms with Crippen LogP contribution < -0.4 is 0 Å². The van der Waals surface area contributed by atoms with Gasteiger partial charge in [-0.1, -0.05) is 37.5 Å². The molecule has 0 saturated carbocycles. The fourth-order valence-corrected chi connectivity index (χ4v) is 2.81. The van der Waals surface area contributed by atoms with Gasteiger partial charge in [-0.05, 0) is 24.3 Å². The number of rotatable bonds is 1. The number of benzene rings is 1. The highest BCUT2D eigenvalue weighted by molar-refractivity contribution is 6.30. The summed E-state index contributed by atoms with van der Waals surface area (Å²) >= 11 is 5.93. The third-order valence-electron chi connectivity index (χ3n) is 3.87. The van der Waals surface area contributed by atoms with Gasteiger partial charge in [0.1, 0.15) is 0 Å². The van der Waals surface area contributed by atoms with E-state index in [1.165, 1.54) is 0 Å². The lowest BCUT2D eigenvalue weighted by Gasteiger charge is -2.32. The Kier molecular flexibility index (Phi) is 3.73. The second kappa shape index (κ2) is 5.43. The van der Waals surface area contributed by atoms with E-state index in [4.69, 9.17) is 16.1 Å². The number of fused-ring (bicyclic) bond motifs is 1. The monoisotopic (exact) mass is 318 g/mol. The van der Waals surface area contributed by atoms with Gasteiger partial charge in [0.05, 0.1) is 12.2 Å². The highest BCUT2D eigenvalue weighted by Gasteiger charge is 2.32. The molecule has 1 aliphatic rings. The number of amides is 1. The summed E-state index contributed by atoms with van der Waals surface area (Å²) in [7, 11) is 0. The van der Waals surface area contributed by atoms with Crippen LogP contribution in [-0.4, -0.2) is 22.5 Å². The molecule has 1 aromatic carbocycles. The van der Waals surface area contributed by atoms with Crippen LogP contribution >= 0.6 is 11.6 Å². The van der Waals surface area contributed by atoms with Crippen LogP contribution in [0.5, 0.6) is 0 Å². The molecular formula is C17H19ClN2O2. The number of hydrogen-bond donors (Lipinski definition) is 0. The average Bonchev–Trinajstić information content (AvgIpc) is 2.89. The normalized spacial score (nSPS) is 14.8. The van der Waals surface area contributed by atoms with Gasteiger partial charge in [0, 0.05) is 34.5 Å². The van der Waals surface area contributed by atoms with Crippen molar-refractivity contribution in [2.24, 2.45) is 5.41 Å². The first-order valence-electron chi connectivity index (χ1n) is 7.39. The Morgan fingerprint density at radius 1 is 1.27 bits per heavy atom. The molecule has 0 fully saturated rings. The van der Waals surface area contributed by atoms with Crippen molar-refractivity contribution in [1.82, 2.24) is 10.1 Å². The fourth-order valence-electron chi connectivity index (χ4n) is 2.69. The van der Waals surface area contributed by atoms with Crippen molar-refractivity contribution >= 4 is 17.5 Å². The smallest absolute Gasteiger partial charge is 0.228 e. The van der Waals surface area contributed by atoms with Crippen LogP contribution in [-0.2, 0) is 17.8 Å². The zero-order chi connectivity index (χ0) is 15.9. The van der Waals surface area contributed by atoms with Crippen molar-refractivity contribution in [3.05, 3.63) is 40.5 Å². The van der Waals surface area contributed by atoms with Gasteiger partial charge in [0.25, 0.3) is 0 Å². The number of hydrogen-bond acceptors (Lipinski definition) is 3. The molecule has 0 unspecified atom stereocenters. The molecule has 4 nitrogen and oxygen atoms in total. The first-order valence-corrected chi connectivity index (χ1v) is 7.77. The molecule has 0 atom stereocenters. The molecule has 1 aliphatic heterocycles. The molecule has 5 heteroatoms. The summed E-state index contributed by atoms with van der Waals surface area (Å²) in [6, 6.07) is 7.47. The van der Waals surface area contributed by atoms with Crippen LogP contribution in [0.2, 0.25) is 5.02 Å². The number of nitrogens with zero attached hydrogens (tertiary/aromatic N) is 2. The molecule has 0 bridgehead atoms. The minimum Gasteiger partial charge on any atom is -0.356 e. The van der Waals surface area contributed by atoms with Crippen molar-refractivity contribution in [2.75, 3.05) is 6.54 Å². The van der Waals surface area contributed by atoms with Crippen molar-refractivity contribution in [3.8, 4) is 11.3 Å². The van der Waals surface area contributed by atoms with E-state index in [1.807, 2.05) is 49.9 Å². The Balaban J connectivity index is 1.92. The summed E-state index contributed by atoms with van der Waals surface area (Å²) in [5, 5.41) is 4.85. The van der Waals surface area contributed by atoms with Gasteiger partial charge in [-0.3, -0.25) is 4.79 Å². The maximum Gasteiger partial charge on any atom is 0.228 e. The van der Waals surface area contributed by atoms with Crippen molar-refractivity contribution in [1.29, 1.82) is 0 Å². The Morgan fingerprint density at radius 3 is 2.59 bits per heavy atom. The fraction of sp³-hybridized carbons (Fsp3) is 0.412. The van der Waals surface area contributed by atoms with Gasteiger partial charge in [0.2, 0.25) is 5.91 Å². The molecular weight excluding hydrogens is 300 g/mol. The second-order valence-corrected chi connectivity index (χ2v) is 7.11. The average molecular weight is 319 g/mol. The third kappa shape index (κ3) is 2.75. The summed E-state index contributed by atoms with van der Waals surface area (Å²) < 4.78 is 5.53. The predicted molar refractivity (Wildman–Crippen MR) is 85.5 cm³/mol. The lowest BCUT2D eigenvalue weighted by Crippen LogP contribution is -2.42. The molecule has 0 aliphatic carbocycles. The lowest BCUT2D eigenvalue weighted by atomic mass is 9.92. The van der Waals surface area contributed by atoms with Crippen molar-refractivity contribution in [2.45, 2.75) is 33.7 Å². The minimum absolute atomic E-state index is 0.154. The molecule has 22 heavy (non-hydrogen) atoms. The summed E-state index contributed by atoms with van der Waals surface area (Å²) in [4.78, 5) is 14.4. The Bertz CT molecular complexity index is 698. The van der Waals surface area contributed by atoms with Crippen LogP contribution in [0.3, 0.4) is 0 Å². The number of halogens is 1. The van der Waals surface area contributed by atoms with Crippen molar-refractivity contribution < 1.29 is 9.32 Å². The van der Waals surface area contributed by atoms with Crippen LogP contribution in [0.25, 0.3) is 11.3 Å². The van der Waals surface area contributed by atoms with Crippen LogP contribution in [0, 0.1) is 5.41 Å². The minimum atomic E-state index is -0.380. The van der Waals surface area contributed by atoms with E-state index in [1.54, 1.807) is 0 Å². The lowest BCUT2D eigenvalue weighted by molar-refractivity contribution is -0.140. The SMILES string of the molecule is CC(C)(C)C(=O)N1CCc2noc(-c3ccc(Cl)cc3)c2C1. The maximum absolute atomic E-state index is 12.5. The Hall–Kier alpha value is -1.81. The molecule has 0 saturated heterocycles. The summed E-state index contributed by atoms with van der Waals surface area (Å²) in [5.74, 6) is 0.888. The highest BCUT2D eigenvalue weighted by atomic mass is 35.5. The predicted octanol–water partition coefficient (Wildman–Crippen LogP) is 3.93. The van der Waals surface area contributed by atoms with E-state index >= 15 is 0 Å². The standard InChI is InChI=1S/C17H19ClN2O2/c1-17(2,3)16(21)20-9-8-14-13(10-20)15(22-19-14)11-4-6-12(18)7-5-11/h4-7H,8-10H2,1-3H3. The van der Waals surface area contributed by atoms with Crippen LogP contribution in [0.1, 0.15) is 32.0 Å². The topological polar surface area (TPSA) is 46.3 Å². The summed E-state index contributed by atoms with van der Waals surface area (Å²) in [6.07, 6.45) is 0.730. The summed E-state index contributed by atoms with van der Waals surface area (Å²) in [6.45, 7) is 7.07. The van der Waals surface area contributed by atoms with E-state index in [0.29, 0.717) is 18.1 Å². The van der Waals surface area contributed by atoms with Gasteiger partial charge in [-0.2, -0.15) is 0 Å². The van der Waals surface area contributed by atoms with E-state index < -0.39 is 0 Å². The Morgan fingerprint density at radius 2 is 1.95 bits per heavy atom. The van der Waals surface area contributed by atoms with Gasteiger partial charge in [-0.15, -0.1) is 0 Å². The second-order valence-electron chi connectivity index (χ2n) is 6.67. The molecule has 0 spiro atoms. The van der Waals surface area contributed by atoms with E-state index in [0.717, 1.165) is 29.0 Å². The summed E-state index contributed by atoms with van der Waals surface area (Å²) in [5.41, 5.74) is 2.51. The number of aromatic nitrogens is 1. The first kappa shape index (κ1) is 15.1. The molecule has 2 heterocycles.